The van der Waals surface area contributed by atoms with Crippen molar-refractivity contribution in [3.8, 4) is 0 Å². The third kappa shape index (κ3) is 3.62. The van der Waals surface area contributed by atoms with E-state index in [0.717, 1.165) is 6.42 Å². The summed E-state index contributed by atoms with van der Waals surface area (Å²) in [5, 5.41) is 0. The summed E-state index contributed by atoms with van der Waals surface area (Å²) in [5.41, 5.74) is 1.28. The molecule has 0 fully saturated rings. The second kappa shape index (κ2) is 5.05. The predicted octanol–water partition coefficient (Wildman–Crippen LogP) is 4.03. The monoisotopic (exact) mass is 485 g/mol. The minimum Gasteiger partial charge on any atom is -0.365 e. The van der Waals surface area contributed by atoms with Gasteiger partial charge in [0.1, 0.15) is 0 Å². The van der Waals surface area contributed by atoms with Gasteiger partial charge in [0.05, 0.1) is 1.59 Å². The molecule has 1 N–H and O–H groups in total. The summed E-state index contributed by atoms with van der Waals surface area (Å²) in [7, 11) is 0. The fourth-order valence-electron chi connectivity index (χ4n) is 0.712. The lowest BCUT2D eigenvalue weighted by Crippen LogP contribution is -1.83. The average molecular weight is 485 g/mol. The van der Waals surface area contributed by atoms with E-state index in [0.29, 0.717) is 0 Å². The highest BCUT2D eigenvalue weighted by Gasteiger charge is 1.99. The number of hydrogen-bond donors (Lipinski definition) is 1. The zero-order valence-corrected chi connectivity index (χ0v) is 12.0. The third-order valence-corrected chi connectivity index (χ3v) is 5.50. The van der Waals surface area contributed by atoms with Crippen LogP contribution in [-0.2, 0) is 6.42 Å². The van der Waals surface area contributed by atoms with E-state index >= 15 is 0 Å². The van der Waals surface area contributed by atoms with Gasteiger partial charge in [0.25, 0.3) is 0 Å². The first-order chi connectivity index (χ1) is 5.20. The topological polar surface area (TPSA) is 15.8 Å². The van der Waals surface area contributed by atoms with Crippen molar-refractivity contribution in [2.75, 3.05) is 0 Å². The summed E-state index contributed by atoms with van der Waals surface area (Å²) in [6.07, 6.45) is 2.98. The molecule has 0 spiro atoms. The van der Waals surface area contributed by atoms with Crippen LogP contribution in [0.5, 0.6) is 0 Å². The molecule has 11 heavy (non-hydrogen) atoms. The minimum absolute atomic E-state index is 1.02. The normalized spacial score (nSPS) is 9.73. The molecule has 0 aliphatic rings. The van der Waals surface area contributed by atoms with E-state index in [1.165, 1.54) is 10.9 Å². The molecule has 1 rings (SSSR count). The number of hydrogen-bond acceptors (Lipinski definition) is 0. The maximum atomic E-state index is 3.18. The van der Waals surface area contributed by atoms with Gasteiger partial charge in [0.2, 0.25) is 0 Å². The van der Waals surface area contributed by atoms with Crippen LogP contribution in [0.3, 0.4) is 0 Å². The molecule has 1 aromatic rings. The summed E-state index contributed by atoms with van der Waals surface area (Å²) in [6, 6.07) is 4.13. The van der Waals surface area contributed by atoms with Crippen LogP contribution in [0.2, 0.25) is 0 Å². The largest absolute Gasteiger partial charge is 0.365 e. The fraction of sp³-hybridized carbons (Fsp3) is 0.143. The molecule has 0 bridgehead atoms. The van der Waals surface area contributed by atoms with Crippen LogP contribution in [0.1, 0.15) is 5.69 Å². The highest BCUT2D eigenvalue weighted by molar-refractivity contribution is 14.2. The van der Waals surface area contributed by atoms with Crippen LogP contribution in [0.15, 0.2) is 23.5 Å². The highest BCUT2D eigenvalue weighted by atomic mass is 127. The number of allylic oxidation sites excluding steroid dienone is 1. The summed E-state index contributed by atoms with van der Waals surface area (Å²) in [4.78, 5) is 3.18. The standard InChI is InChI=1S/C7H6I3N/c8-6(7(9)10)4-5-2-1-3-11-5/h1-3,11H,4H2. The van der Waals surface area contributed by atoms with Crippen molar-refractivity contribution in [3.05, 3.63) is 29.2 Å². The second-order valence-corrected chi connectivity index (χ2v) is 7.56. The number of rotatable bonds is 2. The molecule has 4 heteroatoms. The lowest BCUT2D eigenvalue weighted by molar-refractivity contribution is 1.15. The number of aromatic nitrogens is 1. The molecule has 60 valence electrons. The minimum atomic E-state index is 1.02. The molecular weight excluding hydrogens is 479 g/mol. The van der Waals surface area contributed by atoms with Gasteiger partial charge in [0, 0.05) is 21.9 Å². The molecule has 1 aromatic heterocycles. The molecule has 0 aliphatic carbocycles. The molecule has 1 nitrogen and oxygen atoms in total. The molecule has 0 saturated carbocycles. The number of halogens is 3. The van der Waals surface area contributed by atoms with E-state index in [4.69, 9.17) is 0 Å². The SMILES string of the molecule is IC(I)=C(I)Cc1ccc[nH]1. The van der Waals surface area contributed by atoms with Gasteiger partial charge in [-0.2, -0.15) is 0 Å². The summed E-state index contributed by atoms with van der Waals surface area (Å²) in [6.45, 7) is 0. The Kier molecular flexibility index (Phi) is 4.73. The molecular formula is C7H6I3N. The van der Waals surface area contributed by atoms with Gasteiger partial charge in [-0.1, -0.05) is 0 Å². The molecule has 1 heterocycles. The zero-order chi connectivity index (χ0) is 8.27. The smallest absolute Gasteiger partial charge is 0.0610 e. The van der Waals surface area contributed by atoms with E-state index < -0.39 is 0 Å². The fourth-order valence-corrected chi connectivity index (χ4v) is 1.50. The van der Waals surface area contributed by atoms with Crippen molar-refractivity contribution in [2.45, 2.75) is 6.42 Å². The van der Waals surface area contributed by atoms with E-state index in [-0.39, 0.29) is 0 Å². The van der Waals surface area contributed by atoms with Gasteiger partial charge >= 0.3 is 0 Å². The Bertz CT molecular complexity index is 247. The Labute approximate surface area is 107 Å². The molecule has 0 aromatic carbocycles. The zero-order valence-electron chi connectivity index (χ0n) is 5.57. The number of nitrogens with one attached hydrogen (secondary N) is 1. The highest BCUT2D eigenvalue weighted by Crippen LogP contribution is 2.27. The van der Waals surface area contributed by atoms with Crippen molar-refractivity contribution >= 4 is 67.8 Å². The van der Waals surface area contributed by atoms with Gasteiger partial charge in [-0.05, 0) is 79.9 Å². The van der Waals surface area contributed by atoms with Gasteiger partial charge in [-0.25, -0.2) is 0 Å². The third-order valence-electron chi connectivity index (χ3n) is 1.21. The van der Waals surface area contributed by atoms with Crippen molar-refractivity contribution in [2.24, 2.45) is 0 Å². The molecule has 0 atom stereocenters. The predicted molar refractivity (Wildman–Crippen MR) is 73.6 cm³/mol. The Balaban J connectivity index is 2.65. The maximum Gasteiger partial charge on any atom is 0.0610 e. The van der Waals surface area contributed by atoms with E-state index in [1.807, 2.05) is 12.3 Å². The summed E-state index contributed by atoms with van der Waals surface area (Å²) >= 11 is 7.05. The first kappa shape index (κ1) is 10.3. The van der Waals surface area contributed by atoms with Crippen molar-refractivity contribution in [3.63, 3.8) is 0 Å². The average Bonchev–Trinajstić information content (AvgIpc) is 2.39. The van der Waals surface area contributed by atoms with Crippen molar-refractivity contribution in [1.29, 1.82) is 0 Å². The van der Waals surface area contributed by atoms with Crippen LogP contribution < -0.4 is 0 Å². The molecule has 0 aliphatic heterocycles. The van der Waals surface area contributed by atoms with Gasteiger partial charge in [0.15, 0.2) is 0 Å². The Morgan fingerprint density at radius 2 is 2.09 bits per heavy atom. The Morgan fingerprint density at radius 1 is 1.36 bits per heavy atom. The van der Waals surface area contributed by atoms with Crippen LogP contribution >= 0.6 is 67.8 Å². The first-order valence-electron chi connectivity index (χ1n) is 3.02. The summed E-state index contributed by atoms with van der Waals surface area (Å²) in [5.74, 6) is 0. The van der Waals surface area contributed by atoms with Crippen LogP contribution in [-0.4, -0.2) is 4.98 Å². The molecule has 0 amide bonds. The lowest BCUT2D eigenvalue weighted by atomic mass is 10.3. The molecule has 0 radical (unpaired) electrons. The van der Waals surface area contributed by atoms with Crippen LogP contribution in [0.25, 0.3) is 0 Å². The quantitative estimate of drug-likeness (QED) is 0.610. The van der Waals surface area contributed by atoms with Crippen LogP contribution in [0.4, 0.5) is 0 Å². The van der Waals surface area contributed by atoms with Gasteiger partial charge in [-0.15, -0.1) is 0 Å². The van der Waals surface area contributed by atoms with Crippen molar-refractivity contribution < 1.29 is 0 Å². The molecule has 0 saturated heterocycles. The second-order valence-electron chi connectivity index (χ2n) is 2.04. The molecule has 0 unspecified atom stereocenters. The maximum absolute atomic E-state index is 3.18. The van der Waals surface area contributed by atoms with Gasteiger partial charge < -0.3 is 4.98 Å². The van der Waals surface area contributed by atoms with Gasteiger partial charge in [-0.3, -0.25) is 0 Å². The number of H-pyrrole nitrogens is 1. The summed E-state index contributed by atoms with van der Waals surface area (Å²) < 4.78 is 2.74. The van der Waals surface area contributed by atoms with E-state index in [1.54, 1.807) is 0 Å². The van der Waals surface area contributed by atoms with Crippen LogP contribution in [0, 0.1) is 0 Å². The van der Waals surface area contributed by atoms with Crippen molar-refractivity contribution in [1.82, 2.24) is 4.98 Å². The van der Waals surface area contributed by atoms with E-state index in [2.05, 4.69) is 78.8 Å². The first-order valence-corrected chi connectivity index (χ1v) is 6.25. The Morgan fingerprint density at radius 3 is 2.55 bits per heavy atom. The van der Waals surface area contributed by atoms with E-state index in [9.17, 15) is 0 Å². The number of aromatic amines is 1. The Hall–Kier alpha value is 1.21. The lowest BCUT2D eigenvalue weighted by Gasteiger charge is -1.96.